The van der Waals surface area contributed by atoms with Crippen molar-refractivity contribution in [1.29, 1.82) is 0 Å². The van der Waals surface area contributed by atoms with Gasteiger partial charge in [0.2, 0.25) is 0 Å². The summed E-state index contributed by atoms with van der Waals surface area (Å²) in [6.07, 6.45) is -3.51. The van der Waals surface area contributed by atoms with Crippen LogP contribution in [0.15, 0.2) is 58.5 Å². The van der Waals surface area contributed by atoms with E-state index in [1.165, 1.54) is 29.5 Å². The second-order valence-electron chi connectivity index (χ2n) is 5.81. The van der Waals surface area contributed by atoms with Crippen molar-refractivity contribution in [1.82, 2.24) is 15.6 Å². The molecule has 3 aromatic rings. The van der Waals surface area contributed by atoms with Crippen LogP contribution in [-0.2, 0) is 11.9 Å². The number of carbonyl (C=O) groups is 1. The van der Waals surface area contributed by atoms with Crippen molar-refractivity contribution >= 4 is 35.2 Å². The molecule has 0 saturated heterocycles. The molecule has 1 amide bonds. The number of carbonyl (C=O) groups excluding carboxylic acids is 1. The number of aryl methyl sites for hydroxylation is 1. The topological polar surface area (TPSA) is 67.2 Å². The van der Waals surface area contributed by atoms with Gasteiger partial charge in [0.05, 0.1) is 17.5 Å². The summed E-state index contributed by atoms with van der Waals surface area (Å²) in [5.41, 5.74) is 1.65. The molecule has 0 aliphatic heterocycles. The van der Waals surface area contributed by atoms with Gasteiger partial charge in [-0.2, -0.15) is 18.3 Å². The van der Waals surface area contributed by atoms with Gasteiger partial charge in [-0.15, -0.1) is 33.3 Å². The molecule has 0 saturated carbocycles. The van der Waals surface area contributed by atoms with Crippen molar-refractivity contribution in [3.63, 3.8) is 0 Å². The molecule has 1 heterocycles. The molecule has 10 heteroatoms. The first kappa shape index (κ1) is 21.0. The first-order chi connectivity index (χ1) is 13.8. The van der Waals surface area contributed by atoms with Crippen molar-refractivity contribution in [3.8, 4) is 0 Å². The first-order valence-corrected chi connectivity index (χ1v) is 10.1. The average Bonchev–Trinajstić information content (AvgIpc) is 3.11. The second-order valence-corrected chi connectivity index (χ2v) is 8.13. The van der Waals surface area contributed by atoms with Gasteiger partial charge in [0.15, 0.2) is 0 Å². The predicted octanol–water partition coefficient (Wildman–Crippen LogP) is 4.92. The molecule has 0 atom stereocenters. The monoisotopic (exact) mass is 436 g/mol. The van der Waals surface area contributed by atoms with Crippen LogP contribution in [0.1, 0.15) is 31.5 Å². The molecule has 0 spiro atoms. The van der Waals surface area contributed by atoms with Gasteiger partial charge in [-0.05, 0) is 37.3 Å². The summed E-state index contributed by atoms with van der Waals surface area (Å²) >= 11 is 3.10. The van der Waals surface area contributed by atoms with Crippen LogP contribution in [0.4, 0.5) is 13.2 Å². The number of alkyl halides is 3. The number of amides is 1. The Labute approximate surface area is 173 Å². The Morgan fingerprint density at radius 3 is 2.55 bits per heavy atom. The number of nitrogens with zero attached hydrogens (tertiary/aromatic N) is 3. The Morgan fingerprint density at radius 1 is 1.17 bits per heavy atom. The number of halogens is 3. The van der Waals surface area contributed by atoms with Crippen LogP contribution < -0.4 is 5.43 Å². The van der Waals surface area contributed by atoms with E-state index in [1.54, 1.807) is 36.0 Å². The molecule has 1 N–H and O–H groups in total. The number of hydrazone groups is 1. The number of thioether (sulfide) groups is 1. The summed E-state index contributed by atoms with van der Waals surface area (Å²) in [5.74, 6) is 0.169. The number of hydrogen-bond acceptors (Lipinski definition) is 6. The van der Waals surface area contributed by atoms with Gasteiger partial charge < -0.3 is 0 Å². The van der Waals surface area contributed by atoms with E-state index in [2.05, 4.69) is 20.7 Å². The Balaban J connectivity index is 1.58. The van der Waals surface area contributed by atoms with Gasteiger partial charge >= 0.3 is 6.18 Å². The third-order valence-electron chi connectivity index (χ3n) is 3.68. The van der Waals surface area contributed by atoms with Crippen molar-refractivity contribution < 1.29 is 18.0 Å². The SMILES string of the molecule is Cc1nnc(CSc2ccc(C(=O)N/N=C\c3ccccc3C(F)(F)F)cc2)s1. The van der Waals surface area contributed by atoms with Crippen molar-refractivity contribution in [3.05, 3.63) is 75.2 Å². The molecular formula is C19H15F3N4OS2. The average molecular weight is 436 g/mol. The fourth-order valence-corrected chi connectivity index (χ4v) is 3.93. The lowest BCUT2D eigenvalue weighted by Gasteiger charge is -2.09. The number of aromatic nitrogens is 2. The highest BCUT2D eigenvalue weighted by atomic mass is 32.2. The molecule has 150 valence electrons. The van der Waals surface area contributed by atoms with Gasteiger partial charge in [0.25, 0.3) is 5.91 Å². The molecule has 0 aliphatic carbocycles. The molecule has 5 nitrogen and oxygen atoms in total. The molecule has 2 aromatic carbocycles. The van der Waals surface area contributed by atoms with E-state index >= 15 is 0 Å². The van der Waals surface area contributed by atoms with Gasteiger partial charge in [-0.3, -0.25) is 4.79 Å². The minimum atomic E-state index is -4.49. The molecule has 0 unspecified atom stereocenters. The smallest absolute Gasteiger partial charge is 0.267 e. The van der Waals surface area contributed by atoms with E-state index in [4.69, 9.17) is 0 Å². The van der Waals surface area contributed by atoms with Crippen LogP contribution in [0.2, 0.25) is 0 Å². The Hall–Kier alpha value is -2.72. The third kappa shape index (κ3) is 5.88. The maximum Gasteiger partial charge on any atom is 0.417 e. The number of rotatable bonds is 6. The number of nitrogens with one attached hydrogen (secondary N) is 1. The summed E-state index contributed by atoms with van der Waals surface area (Å²) in [4.78, 5) is 13.1. The summed E-state index contributed by atoms with van der Waals surface area (Å²) in [6.45, 7) is 1.89. The molecular weight excluding hydrogens is 421 g/mol. The molecule has 0 radical (unpaired) electrons. The van der Waals surface area contributed by atoms with Crippen LogP contribution in [-0.4, -0.2) is 22.3 Å². The number of benzene rings is 2. The first-order valence-electron chi connectivity index (χ1n) is 8.34. The highest BCUT2D eigenvalue weighted by Crippen LogP contribution is 2.31. The van der Waals surface area contributed by atoms with Crippen LogP contribution >= 0.6 is 23.1 Å². The lowest BCUT2D eigenvalue weighted by Crippen LogP contribution is -2.18. The molecule has 3 rings (SSSR count). The van der Waals surface area contributed by atoms with Gasteiger partial charge in [-0.1, -0.05) is 18.2 Å². The third-order valence-corrected chi connectivity index (χ3v) is 5.73. The predicted molar refractivity (Wildman–Crippen MR) is 107 cm³/mol. The van der Waals surface area contributed by atoms with E-state index in [-0.39, 0.29) is 5.56 Å². The van der Waals surface area contributed by atoms with Crippen LogP contribution in [0.5, 0.6) is 0 Å². The second kappa shape index (κ2) is 9.19. The Morgan fingerprint density at radius 2 is 1.90 bits per heavy atom. The summed E-state index contributed by atoms with van der Waals surface area (Å²) in [6, 6.07) is 11.8. The van der Waals surface area contributed by atoms with E-state index in [0.717, 1.165) is 27.2 Å². The van der Waals surface area contributed by atoms with Gasteiger partial charge in [0, 0.05) is 16.0 Å². The summed E-state index contributed by atoms with van der Waals surface area (Å²) in [5, 5.41) is 13.5. The molecule has 1 aromatic heterocycles. The zero-order valence-electron chi connectivity index (χ0n) is 15.1. The largest absolute Gasteiger partial charge is 0.417 e. The van der Waals surface area contributed by atoms with Gasteiger partial charge in [-0.25, -0.2) is 5.43 Å². The zero-order valence-corrected chi connectivity index (χ0v) is 16.7. The normalized spacial score (nSPS) is 11.7. The summed E-state index contributed by atoms with van der Waals surface area (Å²) < 4.78 is 38.9. The maximum atomic E-state index is 13.0. The molecule has 0 bridgehead atoms. The minimum absolute atomic E-state index is 0.126. The minimum Gasteiger partial charge on any atom is -0.267 e. The highest BCUT2D eigenvalue weighted by molar-refractivity contribution is 7.98. The van der Waals surface area contributed by atoms with E-state index in [0.29, 0.717) is 11.3 Å². The van der Waals surface area contributed by atoms with Crippen LogP contribution in [0.25, 0.3) is 0 Å². The maximum absolute atomic E-state index is 13.0. The van der Waals surface area contributed by atoms with Gasteiger partial charge in [0.1, 0.15) is 10.0 Å². The van der Waals surface area contributed by atoms with E-state index in [1.807, 2.05) is 6.92 Å². The molecule has 0 aliphatic rings. The van der Waals surface area contributed by atoms with Crippen LogP contribution in [0.3, 0.4) is 0 Å². The van der Waals surface area contributed by atoms with Crippen molar-refractivity contribution in [2.75, 3.05) is 0 Å². The number of hydrogen-bond donors (Lipinski definition) is 1. The highest BCUT2D eigenvalue weighted by Gasteiger charge is 2.32. The summed E-state index contributed by atoms with van der Waals surface area (Å²) in [7, 11) is 0. The lowest BCUT2D eigenvalue weighted by molar-refractivity contribution is -0.137. The van der Waals surface area contributed by atoms with E-state index in [9.17, 15) is 18.0 Å². The van der Waals surface area contributed by atoms with Crippen molar-refractivity contribution in [2.24, 2.45) is 5.10 Å². The fourth-order valence-electron chi connectivity index (χ4n) is 2.34. The van der Waals surface area contributed by atoms with E-state index < -0.39 is 17.6 Å². The Kier molecular flexibility index (Phi) is 6.65. The van der Waals surface area contributed by atoms with Crippen LogP contribution in [0, 0.1) is 6.92 Å². The van der Waals surface area contributed by atoms with Crippen molar-refractivity contribution in [2.45, 2.75) is 23.7 Å². The Bertz CT molecular complexity index is 1020. The fraction of sp³-hybridized carbons (Fsp3) is 0.158. The molecule has 29 heavy (non-hydrogen) atoms. The lowest BCUT2D eigenvalue weighted by atomic mass is 10.1. The standard InChI is InChI=1S/C19H15F3N4OS2/c1-12-24-25-17(29-12)11-28-15-8-6-13(7-9-15)18(27)26-23-10-14-4-2-3-5-16(14)19(20,21)22/h2-10H,11H2,1H3,(H,26,27)/b23-10-. The zero-order chi connectivity index (χ0) is 20.9. The quantitative estimate of drug-likeness (QED) is 0.338. The molecule has 0 fully saturated rings.